The van der Waals surface area contributed by atoms with Gasteiger partial charge >= 0.3 is 13.8 Å². The summed E-state index contributed by atoms with van der Waals surface area (Å²) in [4.78, 5) is 48.0. The van der Waals surface area contributed by atoms with Crippen molar-refractivity contribution in [3.63, 3.8) is 0 Å². The maximum Gasteiger partial charge on any atom is 0.469 e. The van der Waals surface area contributed by atoms with Crippen LogP contribution >= 0.6 is 31.8 Å². The molecule has 0 unspecified atom stereocenters. The highest BCUT2D eigenvalue weighted by atomic mass is 32.2. The van der Waals surface area contributed by atoms with E-state index in [0.717, 1.165) is 23.8 Å². The van der Waals surface area contributed by atoms with Gasteiger partial charge < -0.3 is 19.8 Å². The van der Waals surface area contributed by atoms with E-state index in [1.54, 1.807) is 19.9 Å². The molecule has 1 aromatic rings. The summed E-state index contributed by atoms with van der Waals surface area (Å²) in [5, 5.41) is 2.50. The van der Waals surface area contributed by atoms with Crippen molar-refractivity contribution in [2.75, 3.05) is 0 Å². The molecule has 2 heterocycles. The lowest BCUT2D eigenvalue weighted by Gasteiger charge is -2.32. The number of allylic oxidation sites excluding steroid dienone is 9. The normalized spacial score (nSPS) is 19.2. The number of aryl methyl sites for hydroxylation is 1. The van der Waals surface area contributed by atoms with Crippen molar-refractivity contribution < 1.29 is 33.2 Å². The third kappa shape index (κ3) is 10.3. The molecular formula is C31H37N2O7PS2. The summed E-state index contributed by atoms with van der Waals surface area (Å²) in [5.41, 5.74) is 5.43. The van der Waals surface area contributed by atoms with E-state index in [0.29, 0.717) is 11.3 Å². The van der Waals surface area contributed by atoms with Crippen LogP contribution in [0.1, 0.15) is 70.7 Å². The van der Waals surface area contributed by atoms with Gasteiger partial charge in [0.1, 0.15) is 4.32 Å². The SMILES string of the molecule is CC1=C(/C=C/C(C)=C/C=C/C(C)=C/C(=O)Oc2c(C)ncc(COP(=O)(O)O)c2/C=C2\SC(=S)NC2=O)C(C)(C)CCC1. The summed E-state index contributed by atoms with van der Waals surface area (Å²) < 4.78 is 21.9. The number of carbonyl (C=O) groups is 2. The van der Waals surface area contributed by atoms with E-state index in [1.165, 1.54) is 42.3 Å². The Balaban J connectivity index is 1.81. The smallest absolute Gasteiger partial charge is 0.421 e. The Bertz CT molecular complexity index is 1540. The zero-order chi connectivity index (χ0) is 31.9. The number of phosphoric acid groups is 1. The van der Waals surface area contributed by atoms with Gasteiger partial charge in [0.25, 0.3) is 5.91 Å². The summed E-state index contributed by atoms with van der Waals surface area (Å²) >= 11 is 6.06. The number of amides is 1. The summed E-state index contributed by atoms with van der Waals surface area (Å²) in [6.07, 6.45) is 17.5. The molecule has 1 aromatic heterocycles. The summed E-state index contributed by atoms with van der Waals surface area (Å²) in [6.45, 7) is 11.6. The summed E-state index contributed by atoms with van der Waals surface area (Å²) in [5.74, 6) is -1.11. The van der Waals surface area contributed by atoms with E-state index in [2.05, 4.69) is 47.7 Å². The van der Waals surface area contributed by atoms with Gasteiger partial charge in [-0.25, -0.2) is 9.36 Å². The van der Waals surface area contributed by atoms with E-state index in [9.17, 15) is 23.9 Å². The Kier molecular flexibility index (Phi) is 11.8. The van der Waals surface area contributed by atoms with Crippen LogP contribution in [0, 0.1) is 12.3 Å². The number of nitrogens with one attached hydrogen (secondary N) is 1. The van der Waals surface area contributed by atoms with Gasteiger partial charge in [-0.3, -0.25) is 14.3 Å². The van der Waals surface area contributed by atoms with Crippen molar-refractivity contribution in [1.82, 2.24) is 10.3 Å². The van der Waals surface area contributed by atoms with Crippen molar-refractivity contribution in [2.45, 2.75) is 67.4 Å². The second-order valence-corrected chi connectivity index (χ2v) is 14.0. The largest absolute Gasteiger partial charge is 0.469 e. The Morgan fingerprint density at radius 3 is 2.58 bits per heavy atom. The minimum absolute atomic E-state index is 0.0275. The van der Waals surface area contributed by atoms with Crippen LogP contribution in [0.5, 0.6) is 5.75 Å². The maximum absolute atomic E-state index is 12.9. The number of rotatable bonds is 10. The summed E-state index contributed by atoms with van der Waals surface area (Å²) in [6, 6.07) is 0. The molecule has 1 saturated heterocycles. The second-order valence-electron chi connectivity index (χ2n) is 11.1. The van der Waals surface area contributed by atoms with Crippen LogP contribution in [0.25, 0.3) is 6.08 Å². The van der Waals surface area contributed by atoms with Gasteiger partial charge in [0.05, 0.1) is 17.2 Å². The number of pyridine rings is 1. The van der Waals surface area contributed by atoms with Gasteiger partial charge in [-0.2, -0.15) is 0 Å². The van der Waals surface area contributed by atoms with Gasteiger partial charge in [-0.05, 0) is 69.6 Å². The average molecular weight is 645 g/mol. The number of phosphoric ester groups is 1. The molecule has 230 valence electrons. The molecule has 2 aliphatic rings. The van der Waals surface area contributed by atoms with Gasteiger partial charge in [-0.1, -0.05) is 79.4 Å². The number of thiocarbonyl (C=S) groups is 1. The molecule has 12 heteroatoms. The number of esters is 1. The Morgan fingerprint density at radius 1 is 1.23 bits per heavy atom. The van der Waals surface area contributed by atoms with Crippen LogP contribution in [0.2, 0.25) is 0 Å². The lowest BCUT2D eigenvalue weighted by molar-refractivity contribution is -0.129. The number of hydrogen-bond donors (Lipinski definition) is 3. The van der Waals surface area contributed by atoms with Gasteiger partial charge in [-0.15, -0.1) is 0 Å². The van der Waals surface area contributed by atoms with E-state index >= 15 is 0 Å². The maximum atomic E-state index is 12.9. The van der Waals surface area contributed by atoms with Gasteiger partial charge in [0, 0.05) is 23.4 Å². The monoisotopic (exact) mass is 644 g/mol. The second kappa shape index (κ2) is 14.7. The van der Waals surface area contributed by atoms with Crippen molar-refractivity contribution >= 4 is 54.1 Å². The topological polar surface area (TPSA) is 135 Å². The highest BCUT2D eigenvalue weighted by Crippen LogP contribution is 2.41. The quantitative estimate of drug-likeness (QED) is 0.0809. The third-order valence-corrected chi connectivity index (χ3v) is 8.59. The molecule has 9 nitrogen and oxygen atoms in total. The van der Waals surface area contributed by atoms with E-state index < -0.39 is 26.3 Å². The first kappa shape index (κ1) is 34.6. The Morgan fingerprint density at radius 2 is 1.95 bits per heavy atom. The molecule has 0 saturated carbocycles. The molecule has 0 radical (unpaired) electrons. The fraction of sp³-hybridized carbons (Fsp3) is 0.355. The molecule has 1 fully saturated rings. The van der Waals surface area contributed by atoms with Crippen LogP contribution in [0.3, 0.4) is 0 Å². The van der Waals surface area contributed by atoms with Crippen molar-refractivity contribution in [1.29, 1.82) is 0 Å². The van der Waals surface area contributed by atoms with E-state index in [1.807, 2.05) is 19.1 Å². The van der Waals surface area contributed by atoms with E-state index in [-0.39, 0.29) is 31.5 Å². The molecule has 1 aliphatic carbocycles. The Labute approximate surface area is 262 Å². The van der Waals surface area contributed by atoms with Gasteiger partial charge in [0.2, 0.25) is 0 Å². The van der Waals surface area contributed by atoms with Crippen LogP contribution in [0.4, 0.5) is 0 Å². The first-order chi connectivity index (χ1) is 20.1. The molecule has 43 heavy (non-hydrogen) atoms. The Hall–Kier alpha value is -2.92. The number of ether oxygens (including phenoxy) is 1. The number of carbonyl (C=O) groups excluding carboxylic acids is 2. The molecule has 3 rings (SSSR count). The molecule has 0 spiro atoms. The van der Waals surface area contributed by atoms with Crippen molar-refractivity contribution in [3.8, 4) is 5.75 Å². The predicted molar refractivity (Wildman–Crippen MR) is 174 cm³/mol. The summed E-state index contributed by atoms with van der Waals surface area (Å²) in [7, 11) is -4.81. The minimum Gasteiger partial charge on any atom is -0.421 e. The zero-order valence-electron chi connectivity index (χ0n) is 25.1. The van der Waals surface area contributed by atoms with Crippen molar-refractivity contribution in [2.24, 2.45) is 5.41 Å². The number of nitrogens with zero attached hydrogens (tertiary/aromatic N) is 1. The molecule has 1 aliphatic heterocycles. The first-order valence-corrected chi connectivity index (χ1v) is 16.4. The number of aromatic nitrogens is 1. The third-order valence-electron chi connectivity index (χ3n) is 6.96. The highest BCUT2D eigenvalue weighted by molar-refractivity contribution is 8.26. The lowest BCUT2D eigenvalue weighted by atomic mass is 9.72. The fourth-order valence-electron chi connectivity index (χ4n) is 4.75. The first-order valence-electron chi connectivity index (χ1n) is 13.6. The van der Waals surface area contributed by atoms with Crippen LogP contribution in [-0.4, -0.2) is 31.0 Å². The van der Waals surface area contributed by atoms with Gasteiger partial charge in [0.15, 0.2) is 5.75 Å². The van der Waals surface area contributed by atoms with E-state index in [4.69, 9.17) is 17.0 Å². The van der Waals surface area contributed by atoms with Crippen LogP contribution in [0.15, 0.2) is 69.9 Å². The van der Waals surface area contributed by atoms with Crippen LogP contribution < -0.4 is 10.1 Å². The molecule has 1 amide bonds. The zero-order valence-corrected chi connectivity index (χ0v) is 27.6. The molecule has 0 aromatic carbocycles. The van der Waals surface area contributed by atoms with Crippen LogP contribution in [-0.2, 0) is 25.3 Å². The predicted octanol–water partition coefficient (Wildman–Crippen LogP) is 6.93. The molecule has 0 atom stereocenters. The molecular weight excluding hydrogens is 607 g/mol. The average Bonchev–Trinajstić information content (AvgIpc) is 3.20. The highest BCUT2D eigenvalue weighted by Gasteiger charge is 2.27. The minimum atomic E-state index is -4.81. The fourth-order valence-corrected chi connectivity index (χ4v) is 6.08. The molecule has 0 bridgehead atoms. The standard InChI is InChI=1S/C31H37N2O7PS2/c1-19(12-13-25-21(3)11-8-14-31(25,5)6)9-7-10-20(2)15-27(34)40-28-22(4)32-17-23(18-39-41(36,37)38)24(28)16-26-29(35)33-30(42)43-26/h7,9-10,12-13,15-17H,8,11,14,18H2,1-6H3,(H,33,35,42)(H2,36,37,38)/b10-7+,13-12+,19-9+,20-15+,26-16-. The number of thioether (sulfide) groups is 1. The lowest BCUT2D eigenvalue weighted by Crippen LogP contribution is -2.19. The molecule has 3 N–H and O–H groups in total. The number of hydrogen-bond acceptors (Lipinski definition) is 8. The van der Waals surface area contributed by atoms with Crippen molar-refractivity contribution in [3.05, 3.63) is 86.7 Å².